The van der Waals surface area contributed by atoms with Crippen LogP contribution in [-0.4, -0.2) is 34.5 Å². The number of nitrogens with zero attached hydrogens (tertiary/aromatic N) is 1. The molecule has 1 fully saturated rings. The molecule has 0 bridgehead atoms. The lowest BCUT2D eigenvalue weighted by Crippen LogP contribution is -2.29. The molecule has 4 aromatic carbocycles. The topological polar surface area (TPSA) is 104 Å². The van der Waals surface area contributed by atoms with E-state index in [1.165, 1.54) is 29.2 Å². The van der Waals surface area contributed by atoms with Gasteiger partial charge in [-0.25, -0.2) is 4.79 Å². The van der Waals surface area contributed by atoms with E-state index in [0.29, 0.717) is 22.4 Å². The first kappa shape index (κ1) is 23.8. The minimum Gasteiger partial charge on any atom is -0.508 e. The Bertz CT molecular complexity index is 1550. The Kier molecular flexibility index (Phi) is 6.19. The maximum Gasteiger partial charge on any atom is 0.338 e. The lowest BCUT2D eigenvalue weighted by Gasteiger charge is -2.25. The monoisotopic (exact) mass is 493 g/mol. The number of carbonyl (C=O) groups excluding carboxylic acids is 3. The Labute approximate surface area is 212 Å². The van der Waals surface area contributed by atoms with Gasteiger partial charge in [0.15, 0.2) is 0 Å². The van der Waals surface area contributed by atoms with Crippen molar-refractivity contribution in [2.45, 2.75) is 13.0 Å². The van der Waals surface area contributed by atoms with Crippen LogP contribution in [0.25, 0.3) is 16.5 Å². The van der Waals surface area contributed by atoms with Crippen LogP contribution in [0.4, 0.5) is 5.69 Å². The molecule has 1 amide bonds. The molecule has 5 rings (SSSR count). The third kappa shape index (κ3) is 4.31. The standard InChI is InChI=1S/C30H23NO6/c1-2-37-30(36)20-9-13-23(14-10-20)31-26(19-11-15-24(32)16-12-19)25(28(34)29(31)35)27(33)22-8-7-18-5-3-4-6-21(18)17-22/h3-17,26,32-33H,2H2,1H3/b27-25-. The Hall–Kier alpha value is -4.91. The van der Waals surface area contributed by atoms with Crippen LogP contribution in [0.3, 0.4) is 0 Å². The van der Waals surface area contributed by atoms with Crippen molar-refractivity contribution in [1.82, 2.24) is 0 Å². The average molecular weight is 494 g/mol. The summed E-state index contributed by atoms with van der Waals surface area (Å²) < 4.78 is 5.02. The second-order valence-electron chi connectivity index (χ2n) is 8.59. The Balaban J connectivity index is 1.65. The Morgan fingerprint density at radius 3 is 2.19 bits per heavy atom. The highest BCUT2D eigenvalue weighted by molar-refractivity contribution is 6.51. The second-order valence-corrected chi connectivity index (χ2v) is 8.59. The number of rotatable bonds is 5. The number of ether oxygens (including phenoxy) is 1. The molecule has 1 atom stereocenters. The van der Waals surface area contributed by atoms with Gasteiger partial charge in [0, 0.05) is 11.3 Å². The van der Waals surface area contributed by atoms with Crippen molar-refractivity contribution < 1.29 is 29.3 Å². The number of hydrogen-bond donors (Lipinski definition) is 2. The smallest absolute Gasteiger partial charge is 0.338 e. The van der Waals surface area contributed by atoms with Crippen LogP contribution in [0.5, 0.6) is 5.75 Å². The summed E-state index contributed by atoms with van der Waals surface area (Å²) in [6.07, 6.45) is 0. The van der Waals surface area contributed by atoms with Crippen LogP contribution in [0.1, 0.15) is 34.5 Å². The number of esters is 1. The maximum absolute atomic E-state index is 13.3. The molecule has 1 heterocycles. The largest absolute Gasteiger partial charge is 0.508 e. The summed E-state index contributed by atoms with van der Waals surface area (Å²) in [6, 6.07) is 24.2. The fourth-order valence-corrected chi connectivity index (χ4v) is 4.54. The molecule has 1 aliphatic heterocycles. The van der Waals surface area contributed by atoms with Crippen LogP contribution in [0.2, 0.25) is 0 Å². The van der Waals surface area contributed by atoms with Gasteiger partial charge in [0.25, 0.3) is 11.7 Å². The normalized spacial score (nSPS) is 16.8. The summed E-state index contributed by atoms with van der Waals surface area (Å²) in [4.78, 5) is 40.0. The van der Waals surface area contributed by atoms with E-state index in [4.69, 9.17) is 4.74 Å². The number of fused-ring (bicyclic) bond motifs is 1. The molecule has 1 saturated heterocycles. The molecule has 0 saturated carbocycles. The molecule has 2 N–H and O–H groups in total. The van der Waals surface area contributed by atoms with E-state index in [-0.39, 0.29) is 23.7 Å². The number of amides is 1. The van der Waals surface area contributed by atoms with Gasteiger partial charge in [-0.1, -0.05) is 48.5 Å². The fourth-order valence-electron chi connectivity index (χ4n) is 4.54. The second kappa shape index (κ2) is 9.62. The SMILES string of the molecule is CCOC(=O)c1ccc(N2C(=O)C(=O)/C(=C(\O)c3ccc4ccccc4c3)C2c2ccc(O)cc2)cc1. The van der Waals surface area contributed by atoms with Gasteiger partial charge in [-0.3, -0.25) is 14.5 Å². The molecule has 0 radical (unpaired) electrons. The number of phenolic OH excluding ortho intramolecular Hbond substituents is 1. The van der Waals surface area contributed by atoms with Crippen molar-refractivity contribution in [3.63, 3.8) is 0 Å². The zero-order chi connectivity index (χ0) is 26.1. The number of ketones is 1. The number of aliphatic hydroxyl groups is 1. The van der Waals surface area contributed by atoms with Gasteiger partial charge < -0.3 is 14.9 Å². The van der Waals surface area contributed by atoms with Crippen molar-refractivity contribution in [2.24, 2.45) is 0 Å². The van der Waals surface area contributed by atoms with Gasteiger partial charge in [-0.15, -0.1) is 0 Å². The van der Waals surface area contributed by atoms with Crippen molar-refractivity contribution in [1.29, 1.82) is 0 Å². The van der Waals surface area contributed by atoms with Crippen molar-refractivity contribution in [3.8, 4) is 5.75 Å². The first-order valence-corrected chi connectivity index (χ1v) is 11.8. The Morgan fingerprint density at radius 1 is 0.865 bits per heavy atom. The van der Waals surface area contributed by atoms with Gasteiger partial charge in [0.2, 0.25) is 0 Å². The maximum atomic E-state index is 13.3. The quantitative estimate of drug-likeness (QED) is 0.168. The number of hydrogen-bond acceptors (Lipinski definition) is 6. The third-order valence-corrected chi connectivity index (χ3v) is 6.33. The highest BCUT2D eigenvalue weighted by atomic mass is 16.5. The van der Waals surface area contributed by atoms with E-state index in [1.807, 2.05) is 30.3 Å². The number of anilines is 1. The summed E-state index contributed by atoms with van der Waals surface area (Å²) in [5.41, 5.74) is 1.53. The average Bonchev–Trinajstić information content (AvgIpc) is 3.18. The number of benzene rings is 4. The molecule has 1 unspecified atom stereocenters. The number of carbonyl (C=O) groups is 3. The van der Waals surface area contributed by atoms with Crippen LogP contribution in [0.15, 0.2) is 96.6 Å². The van der Waals surface area contributed by atoms with Crippen molar-refractivity contribution in [3.05, 3.63) is 113 Å². The van der Waals surface area contributed by atoms with Crippen LogP contribution < -0.4 is 4.90 Å². The van der Waals surface area contributed by atoms with Gasteiger partial charge in [-0.05, 0) is 65.7 Å². The van der Waals surface area contributed by atoms with Crippen LogP contribution >= 0.6 is 0 Å². The predicted octanol–water partition coefficient (Wildman–Crippen LogP) is 5.35. The number of aromatic hydroxyl groups is 1. The molecule has 0 aromatic heterocycles. The summed E-state index contributed by atoms with van der Waals surface area (Å²) in [5, 5.41) is 23.0. The minimum atomic E-state index is -0.958. The highest BCUT2D eigenvalue weighted by Crippen LogP contribution is 2.42. The third-order valence-electron chi connectivity index (χ3n) is 6.33. The van der Waals surface area contributed by atoms with Crippen molar-refractivity contribution >= 4 is 39.9 Å². The molecule has 0 spiro atoms. The van der Waals surface area contributed by atoms with E-state index >= 15 is 0 Å². The number of aliphatic hydroxyl groups excluding tert-OH is 1. The van der Waals surface area contributed by atoms with Gasteiger partial charge in [0.05, 0.1) is 23.8 Å². The molecule has 1 aliphatic rings. The molecule has 0 aliphatic carbocycles. The van der Waals surface area contributed by atoms with Crippen molar-refractivity contribution in [2.75, 3.05) is 11.5 Å². The van der Waals surface area contributed by atoms with Crippen LogP contribution in [-0.2, 0) is 14.3 Å². The minimum absolute atomic E-state index is 0.0222. The van der Waals surface area contributed by atoms with E-state index in [9.17, 15) is 24.6 Å². The summed E-state index contributed by atoms with van der Waals surface area (Å²) in [5.74, 6) is -2.42. The molecule has 184 valence electrons. The lowest BCUT2D eigenvalue weighted by molar-refractivity contribution is -0.132. The zero-order valence-electron chi connectivity index (χ0n) is 19.9. The molecule has 4 aromatic rings. The fraction of sp³-hybridized carbons (Fsp3) is 0.100. The predicted molar refractivity (Wildman–Crippen MR) is 139 cm³/mol. The molecule has 7 heteroatoms. The summed E-state index contributed by atoms with van der Waals surface area (Å²) >= 11 is 0. The van der Waals surface area contributed by atoms with E-state index in [1.54, 1.807) is 43.3 Å². The Morgan fingerprint density at radius 2 is 1.51 bits per heavy atom. The molecule has 37 heavy (non-hydrogen) atoms. The van der Waals surface area contributed by atoms with E-state index < -0.39 is 23.7 Å². The molecular formula is C30H23NO6. The van der Waals surface area contributed by atoms with E-state index in [0.717, 1.165) is 10.8 Å². The summed E-state index contributed by atoms with van der Waals surface area (Å²) in [6.45, 7) is 1.93. The molecule has 7 nitrogen and oxygen atoms in total. The van der Waals surface area contributed by atoms with Gasteiger partial charge in [-0.2, -0.15) is 0 Å². The summed E-state index contributed by atoms with van der Waals surface area (Å²) in [7, 11) is 0. The van der Waals surface area contributed by atoms with E-state index in [2.05, 4.69) is 0 Å². The first-order chi connectivity index (χ1) is 17.9. The van der Waals surface area contributed by atoms with Crippen LogP contribution in [0, 0.1) is 0 Å². The zero-order valence-corrected chi connectivity index (χ0v) is 19.9. The lowest BCUT2D eigenvalue weighted by atomic mass is 9.94. The molecular weight excluding hydrogens is 470 g/mol. The van der Waals surface area contributed by atoms with Gasteiger partial charge in [0.1, 0.15) is 11.5 Å². The number of phenols is 1. The highest BCUT2D eigenvalue weighted by Gasteiger charge is 2.47. The van der Waals surface area contributed by atoms with Gasteiger partial charge >= 0.3 is 5.97 Å². The number of Topliss-reactive ketones (excluding diaryl/α,β-unsaturated/α-hetero) is 1. The first-order valence-electron chi connectivity index (χ1n) is 11.8.